The number of rotatable bonds is 3. The molecule has 1 aliphatic heterocycles. The van der Waals surface area contributed by atoms with Crippen molar-refractivity contribution in [2.24, 2.45) is 0 Å². The van der Waals surface area contributed by atoms with Crippen molar-refractivity contribution in [2.75, 3.05) is 13.6 Å². The van der Waals surface area contributed by atoms with Gasteiger partial charge in [-0.15, -0.1) is 0 Å². The van der Waals surface area contributed by atoms with E-state index in [9.17, 15) is 0 Å². The van der Waals surface area contributed by atoms with E-state index in [4.69, 9.17) is 4.74 Å². The molecule has 1 saturated heterocycles. The molecule has 0 spiro atoms. The molecule has 0 radical (unpaired) electrons. The van der Waals surface area contributed by atoms with E-state index in [1.807, 2.05) is 13.8 Å². The highest BCUT2D eigenvalue weighted by atomic mass is 16.5. The van der Waals surface area contributed by atoms with E-state index in [-0.39, 0.29) is 0 Å². The third-order valence-corrected chi connectivity index (χ3v) is 2.61. The van der Waals surface area contributed by atoms with Gasteiger partial charge in [0.15, 0.2) is 0 Å². The monoisotopic (exact) mass is 201 g/mol. The zero-order valence-corrected chi connectivity index (χ0v) is 10.7. The van der Waals surface area contributed by atoms with Crippen molar-refractivity contribution in [1.82, 2.24) is 4.90 Å². The Balaban J connectivity index is 0.000000791. The second kappa shape index (κ2) is 7.24. The molecule has 0 aromatic rings. The molecule has 14 heavy (non-hydrogen) atoms. The Kier molecular flexibility index (Phi) is 7.20. The van der Waals surface area contributed by atoms with Crippen LogP contribution in [0.4, 0.5) is 0 Å². The van der Waals surface area contributed by atoms with Crippen molar-refractivity contribution >= 4 is 0 Å². The molecule has 1 rings (SSSR count). The smallest absolute Gasteiger partial charge is 0.0705 e. The fourth-order valence-corrected chi connectivity index (χ4v) is 2.05. The molecule has 86 valence electrons. The molecular formula is C12H27NO. The lowest BCUT2D eigenvalue weighted by atomic mass is 10.1. The number of likely N-dealkylation sites (tertiary alicyclic amines) is 1. The lowest BCUT2D eigenvalue weighted by Crippen LogP contribution is -2.37. The van der Waals surface area contributed by atoms with Gasteiger partial charge in [0.25, 0.3) is 0 Å². The lowest BCUT2D eigenvalue weighted by Gasteiger charge is -2.27. The summed E-state index contributed by atoms with van der Waals surface area (Å²) in [6.07, 6.45) is 3.36. The molecule has 2 nitrogen and oxygen atoms in total. The number of likely N-dealkylation sites (N-methyl/N-ethyl adjacent to an activating group) is 1. The Labute approximate surface area is 89.6 Å². The second-order valence-electron chi connectivity index (χ2n) is 4.08. The molecular weight excluding hydrogens is 174 g/mol. The number of nitrogens with zero attached hydrogens (tertiary/aromatic N) is 1. The van der Waals surface area contributed by atoms with Gasteiger partial charge in [-0.1, -0.05) is 13.8 Å². The summed E-state index contributed by atoms with van der Waals surface area (Å²) >= 11 is 0. The first kappa shape index (κ1) is 13.9. The van der Waals surface area contributed by atoms with Crippen LogP contribution in [0.1, 0.15) is 47.5 Å². The van der Waals surface area contributed by atoms with Crippen molar-refractivity contribution in [2.45, 2.75) is 65.7 Å². The fraction of sp³-hybridized carbons (Fsp3) is 1.00. The Morgan fingerprint density at radius 3 is 2.14 bits per heavy atom. The van der Waals surface area contributed by atoms with Gasteiger partial charge < -0.3 is 9.64 Å². The molecule has 1 aliphatic rings. The van der Waals surface area contributed by atoms with E-state index in [1.54, 1.807) is 0 Å². The van der Waals surface area contributed by atoms with E-state index >= 15 is 0 Å². The third-order valence-electron chi connectivity index (χ3n) is 2.61. The predicted molar refractivity (Wildman–Crippen MR) is 62.7 cm³/mol. The largest absolute Gasteiger partial charge is 0.374 e. The van der Waals surface area contributed by atoms with Gasteiger partial charge in [-0.3, -0.25) is 0 Å². The van der Waals surface area contributed by atoms with Gasteiger partial charge in [-0.25, -0.2) is 0 Å². The van der Waals surface area contributed by atoms with Gasteiger partial charge in [0.1, 0.15) is 0 Å². The first-order valence-electron chi connectivity index (χ1n) is 5.97. The van der Waals surface area contributed by atoms with Crippen LogP contribution in [0.5, 0.6) is 0 Å². The molecule has 0 aliphatic carbocycles. The first-order chi connectivity index (χ1) is 6.61. The summed E-state index contributed by atoms with van der Waals surface area (Å²) in [5.74, 6) is 0. The van der Waals surface area contributed by atoms with Crippen molar-refractivity contribution in [3.63, 3.8) is 0 Å². The predicted octanol–water partition coefficient (Wildman–Crippen LogP) is 2.92. The van der Waals surface area contributed by atoms with E-state index in [1.165, 1.54) is 19.4 Å². The number of hydrogen-bond donors (Lipinski definition) is 0. The first-order valence-corrected chi connectivity index (χ1v) is 5.97. The SMILES string of the molecule is CC.CC(C)O[C@@H](C)C1CCCN1C. The molecule has 0 aromatic carbocycles. The van der Waals surface area contributed by atoms with Crippen molar-refractivity contribution in [3.8, 4) is 0 Å². The highest BCUT2D eigenvalue weighted by Gasteiger charge is 2.27. The van der Waals surface area contributed by atoms with Gasteiger partial charge >= 0.3 is 0 Å². The highest BCUT2D eigenvalue weighted by molar-refractivity contribution is 4.81. The molecule has 0 saturated carbocycles. The summed E-state index contributed by atoms with van der Waals surface area (Å²) in [6.45, 7) is 11.6. The van der Waals surface area contributed by atoms with Gasteiger partial charge in [-0.05, 0) is 47.2 Å². The van der Waals surface area contributed by atoms with Gasteiger partial charge in [0.05, 0.1) is 12.2 Å². The van der Waals surface area contributed by atoms with Crippen LogP contribution in [0.25, 0.3) is 0 Å². The minimum Gasteiger partial charge on any atom is -0.374 e. The Morgan fingerprint density at radius 2 is 1.79 bits per heavy atom. The van der Waals surface area contributed by atoms with Crippen LogP contribution in [0.15, 0.2) is 0 Å². The molecule has 0 amide bonds. The summed E-state index contributed by atoms with van der Waals surface area (Å²) < 4.78 is 5.76. The quantitative estimate of drug-likeness (QED) is 0.696. The number of hydrogen-bond acceptors (Lipinski definition) is 2. The molecule has 1 heterocycles. The zero-order chi connectivity index (χ0) is 11.1. The van der Waals surface area contributed by atoms with Crippen molar-refractivity contribution in [1.29, 1.82) is 0 Å². The number of ether oxygens (including phenoxy) is 1. The molecule has 2 atom stereocenters. The van der Waals surface area contributed by atoms with Crippen molar-refractivity contribution < 1.29 is 4.74 Å². The summed E-state index contributed by atoms with van der Waals surface area (Å²) in [5.41, 5.74) is 0. The summed E-state index contributed by atoms with van der Waals surface area (Å²) in [6, 6.07) is 0.646. The van der Waals surface area contributed by atoms with Gasteiger partial charge in [0.2, 0.25) is 0 Å². The van der Waals surface area contributed by atoms with Crippen molar-refractivity contribution in [3.05, 3.63) is 0 Å². The van der Waals surface area contributed by atoms with Gasteiger partial charge in [-0.2, -0.15) is 0 Å². The Bertz CT molecular complexity index is 136. The third kappa shape index (κ3) is 4.43. The van der Waals surface area contributed by atoms with Crippen LogP contribution in [0.2, 0.25) is 0 Å². The van der Waals surface area contributed by atoms with E-state index in [0.717, 1.165) is 0 Å². The average molecular weight is 201 g/mol. The topological polar surface area (TPSA) is 12.5 Å². The minimum absolute atomic E-state index is 0.356. The highest BCUT2D eigenvalue weighted by Crippen LogP contribution is 2.20. The second-order valence-corrected chi connectivity index (χ2v) is 4.08. The van der Waals surface area contributed by atoms with Crippen LogP contribution in [-0.4, -0.2) is 36.7 Å². The molecule has 1 fully saturated rings. The normalized spacial score (nSPS) is 24.6. The fourth-order valence-electron chi connectivity index (χ4n) is 2.05. The Hall–Kier alpha value is -0.0800. The maximum Gasteiger partial charge on any atom is 0.0705 e. The lowest BCUT2D eigenvalue weighted by molar-refractivity contribution is -0.0201. The van der Waals surface area contributed by atoms with Gasteiger partial charge in [0, 0.05) is 6.04 Å². The van der Waals surface area contributed by atoms with Crippen LogP contribution in [0, 0.1) is 0 Å². The summed E-state index contributed by atoms with van der Waals surface area (Å²) in [7, 11) is 2.19. The van der Waals surface area contributed by atoms with Crippen LogP contribution >= 0.6 is 0 Å². The van der Waals surface area contributed by atoms with Crippen LogP contribution in [0.3, 0.4) is 0 Å². The minimum atomic E-state index is 0.356. The van der Waals surface area contributed by atoms with E-state index < -0.39 is 0 Å². The van der Waals surface area contributed by atoms with Crippen LogP contribution in [-0.2, 0) is 4.74 Å². The molecule has 0 bridgehead atoms. The molecule has 0 aromatic heterocycles. The zero-order valence-electron chi connectivity index (χ0n) is 10.7. The summed E-state index contributed by atoms with van der Waals surface area (Å²) in [5, 5.41) is 0. The molecule has 0 N–H and O–H groups in total. The maximum absolute atomic E-state index is 5.76. The summed E-state index contributed by atoms with van der Waals surface area (Å²) in [4.78, 5) is 2.41. The van der Waals surface area contributed by atoms with E-state index in [2.05, 4.69) is 32.7 Å². The molecule has 2 heteroatoms. The van der Waals surface area contributed by atoms with E-state index in [0.29, 0.717) is 18.2 Å². The Morgan fingerprint density at radius 1 is 1.21 bits per heavy atom. The standard InChI is InChI=1S/C10H21NO.C2H6/c1-8(2)12-9(3)10-6-5-7-11(10)4;1-2/h8-10H,5-7H2,1-4H3;1-2H3/t9-,10?;/m0./s1. The molecule has 1 unspecified atom stereocenters. The maximum atomic E-state index is 5.76. The average Bonchev–Trinajstić information content (AvgIpc) is 2.54. The van der Waals surface area contributed by atoms with Crippen LogP contribution < -0.4 is 0 Å².